The summed E-state index contributed by atoms with van der Waals surface area (Å²) in [6, 6.07) is 12.2. The highest BCUT2D eigenvalue weighted by Crippen LogP contribution is 2.31. The number of rotatable bonds is 5. The van der Waals surface area contributed by atoms with Gasteiger partial charge in [-0.1, -0.05) is 29.8 Å². The fourth-order valence-corrected chi connectivity index (χ4v) is 2.28. The number of nitro groups is 1. The number of nitrogens with one attached hydrogen (secondary N) is 1. The third kappa shape index (κ3) is 3.44. The molecule has 110 valence electrons. The van der Waals surface area contributed by atoms with Crippen LogP contribution in [0.1, 0.15) is 18.5 Å². The van der Waals surface area contributed by atoms with Crippen LogP contribution in [0.3, 0.4) is 0 Å². The van der Waals surface area contributed by atoms with Crippen LogP contribution >= 0.6 is 11.6 Å². The minimum Gasteiger partial charge on any atom is -0.496 e. The van der Waals surface area contributed by atoms with Crippen molar-refractivity contribution in [3.05, 3.63) is 63.2 Å². The van der Waals surface area contributed by atoms with Crippen molar-refractivity contribution in [2.24, 2.45) is 0 Å². The van der Waals surface area contributed by atoms with E-state index in [1.165, 1.54) is 12.1 Å². The summed E-state index contributed by atoms with van der Waals surface area (Å²) < 4.78 is 5.32. The van der Waals surface area contributed by atoms with Crippen molar-refractivity contribution in [1.82, 2.24) is 0 Å². The number of nitrogens with zero attached hydrogens (tertiary/aromatic N) is 1. The fraction of sp³-hybridized carbons (Fsp3) is 0.200. The Balaban J connectivity index is 2.25. The Kier molecular flexibility index (Phi) is 4.65. The van der Waals surface area contributed by atoms with E-state index in [4.69, 9.17) is 16.3 Å². The number of hydrogen-bond acceptors (Lipinski definition) is 4. The van der Waals surface area contributed by atoms with Crippen molar-refractivity contribution in [2.45, 2.75) is 13.0 Å². The van der Waals surface area contributed by atoms with Crippen LogP contribution in [0.2, 0.25) is 5.02 Å². The van der Waals surface area contributed by atoms with Gasteiger partial charge in [-0.25, -0.2) is 0 Å². The predicted molar refractivity (Wildman–Crippen MR) is 83.1 cm³/mol. The molecule has 1 N–H and O–H groups in total. The molecule has 0 saturated carbocycles. The van der Waals surface area contributed by atoms with E-state index in [0.29, 0.717) is 5.69 Å². The van der Waals surface area contributed by atoms with Crippen LogP contribution in [0.25, 0.3) is 0 Å². The Morgan fingerprint density at radius 2 is 2.00 bits per heavy atom. The molecule has 1 atom stereocenters. The highest BCUT2D eigenvalue weighted by molar-refractivity contribution is 6.32. The largest absolute Gasteiger partial charge is 0.496 e. The number of anilines is 1. The first-order chi connectivity index (χ1) is 10.0. The van der Waals surface area contributed by atoms with Gasteiger partial charge in [-0.15, -0.1) is 0 Å². The second-order valence-corrected chi connectivity index (χ2v) is 4.94. The topological polar surface area (TPSA) is 64.4 Å². The second-order valence-electron chi connectivity index (χ2n) is 4.53. The zero-order valence-electron chi connectivity index (χ0n) is 11.7. The molecular formula is C15H15ClN2O3. The van der Waals surface area contributed by atoms with Gasteiger partial charge in [0.15, 0.2) is 0 Å². The van der Waals surface area contributed by atoms with Gasteiger partial charge in [0.2, 0.25) is 0 Å². The lowest BCUT2D eigenvalue weighted by Gasteiger charge is -2.18. The number of hydrogen-bond donors (Lipinski definition) is 1. The molecule has 0 aliphatic carbocycles. The molecule has 2 aromatic rings. The molecule has 5 nitrogen and oxygen atoms in total. The molecule has 1 unspecified atom stereocenters. The quantitative estimate of drug-likeness (QED) is 0.655. The van der Waals surface area contributed by atoms with Crippen molar-refractivity contribution in [3.63, 3.8) is 0 Å². The van der Waals surface area contributed by atoms with Crippen LogP contribution in [0.4, 0.5) is 11.4 Å². The number of ether oxygens (including phenoxy) is 1. The molecule has 0 radical (unpaired) electrons. The molecule has 0 aliphatic rings. The average Bonchev–Trinajstić information content (AvgIpc) is 2.48. The molecule has 6 heteroatoms. The zero-order chi connectivity index (χ0) is 15.4. The molecule has 0 heterocycles. The lowest BCUT2D eigenvalue weighted by atomic mass is 10.1. The highest BCUT2D eigenvalue weighted by atomic mass is 35.5. The highest BCUT2D eigenvalue weighted by Gasteiger charge is 2.15. The van der Waals surface area contributed by atoms with Gasteiger partial charge in [0.25, 0.3) is 5.69 Å². The molecule has 0 aromatic heterocycles. The number of para-hydroxylation sites is 1. The van der Waals surface area contributed by atoms with Gasteiger partial charge in [0, 0.05) is 17.3 Å². The molecule has 2 aromatic carbocycles. The number of nitro benzene ring substituents is 1. The van der Waals surface area contributed by atoms with E-state index in [9.17, 15) is 10.1 Å². The SMILES string of the molecule is COc1ccccc1C(C)Nc1ccc(Cl)c([N+](=O)[O-])c1. The monoisotopic (exact) mass is 306 g/mol. The summed E-state index contributed by atoms with van der Waals surface area (Å²) in [7, 11) is 1.61. The van der Waals surface area contributed by atoms with Gasteiger partial charge in [0.1, 0.15) is 10.8 Å². The van der Waals surface area contributed by atoms with E-state index < -0.39 is 4.92 Å². The minimum absolute atomic E-state index is 0.0677. The van der Waals surface area contributed by atoms with Crippen molar-refractivity contribution < 1.29 is 9.66 Å². The number of halogens is 1. The number of methoxy groups -OCH3 is 1. The van der Waals surface area contributed by atoms with Crippen LogP contribution in [0.5, 0.6) is 5.75 Å². The van der Waals surface area contributed by atoms with Crippen LogP contribution in [0.15, 0.2) is 42.5 Å². The van der Waals surface area contributed by atoms with E-state index in [1.54, 1.807) is 13.2 Å². The van der Waals surface area contributed by atoms with Crippen molar-refractivity contribution >= 4 is 23.0 Å². The number of benzene rings is 2. The summed E-state index contributed by atoms with van der Waals surface area (Å²) in [5.74, 6) is 0.765. The van der Waals surface area contributed by atoms with Crippen molar-refractivity contribution in [1.29, 1.82) is 0 Å². The first-order valence-corrected chi connectivity index (χ1v) is 6.74. The summed E-state index contributed by atoms with van der Waals surface area (Å²) in [5, 5.41) is 14.2. The molecule has 21 heavy (non-hydrogen) atoms. The minimum atomic E-state index is -0.499. The second kappa shape index (κ2) is 6.45. The van der Waals surface area contributed by atoms with Gasteiger partial charge < -0.3 is 10.1 Å². The third-order valence-corrected chi connectivity index (χ3v) is 3.45. The van der Waals surface area contributed by atoms with Crippen LogP contribution in [-0.4, -0.2) is 12.0 Å². The summed E-state index contributed by atoms with van der Waals surface area (Å²) in [4.78, 5) is 10.4. The van der Waals surface area contributed by atoms with Gasteiger partial charge in [-0.05, 0) is 25.1 Å². The van der Waals surface area contributed by atoms with Crippen LogP contribution in [0, 0.1) is 10.1 Å². The molecule has 0 aliphatic heterocycles. The molecule has 2 rings (SSSR count). The lowest BCUT2D eigenvalue weighted by Crippen LogP contribution is -2.08. The van der Waals surface area contributed by atoms with Gasteiger partial charge >= 0.3 is 0 Å². The Morgan fingerprint density at radius 1 is 1.29 bits per heavy atom. The van der Waals surface area contributed by atoms with Gasteiger partial charge in [-0.3, -0.25) is 10.1 Å². The van der Waals surface area contributed by atoms with E-state index in [-0.39, 0.29) is 16.8 Å². The maximum Gasteiger partial charge on any atom is 0.289 e. The van der Waals surface area contributed by atoms with E-state index >= 15 is 0 Å². The van der Waals surface area contributed by atoms with E-state index in [1.807, 2.05) is 31.2 Å². The lowest BCUT2D eigenvalue weighted by molar-refractivity contribution is -0.384. The van der Waals surface area contributed by atoms with Gasteiger partial charge in [-0.2, -0.15) is 0 Å². The molecule has 0 spiro atoms. The van der Waals surface area contributed by atoms with Crippen molar-refractivity contribution in [3.8, 4) is 5.75 Å². The first-order valence-electron chi connectivity index (χ1n) is 6.36. The maximum absolute atomic E-state index is 10.9. The third-order valence-electron chi connectivity index (χ3n) is 3.13. The average molecular weight is 307 g/mol. The summed E-state index contributed by atoms with van der Waals surface area (Å²) in [5.41, 5.74) is 1.48. The maximum atomic E-state index is 10.9. The predicted octanol–water partition coefficient (Wildman–Crippen LogP) is 4.43. The fourth-order valence-electron chi connectivity index (χ4n) is 2.09. The van der Waals surface area contributed by atoms with E-state index in [2.05, 4.69) is 5.32 Å². The summed E-state index contributed by atoms with van der Waals surface area (Å²) in [6.07, 6.45) is 0. The molecule has 0 fully saturated rings. The smallest absolute Gasteiger partial charge is 0.289 e. The Hall–Kier alpha value is -2.27. The first kappa shape index (κ1) is 15.1. The van der Waals surface area contributed by atoms with Crippen LogP contribution < -0.4 is 10.1 Å². The zero-order valence-corrected chi connectivity index (χ0v) is 12.4. The summed E-state index contributed by atoms with van der Waals surface area (Å²) in [6.45, 7) is 1.96. The van der Waals surface area contributed by atoms with Crippen LogP contribution in [-0.2, 0) is 0 Å². The standard InChI is InChI=1S/C15H15ClN2O3/c1-10(12-5-3-4-6-15(12)21-2)17-11-7-8-13(16)14(9-11)18(19)20/h3-10,17H,1-2H3. The molecular weight excluding hydrogens is 292 g/mol. The Labute approximate surface area is 127 Å². The molecule has 0 amide bonds. The molecule has 0 saturated heterocycles. The summed E-state index contributed by atoms with van der Waals surface area (Å²) >= 11 is 5.80. The Bertz CT molecular complexity index is 661. The van der Waals surface area contributed by atoms with Crippen molar-refractivity contribution in [2.75, 3.05) is 12.4 Å². The molecule has 0 bridgehead atoms. The van der Waals surface area contributed by atoms with E-state index in [0.717, 1.165) is 11.3 Å². The Morgan fingerprint density at radius 3 is 2.67 bits per heavy atom. The normalized spacial score (nSPS) is 11.8. The van der Waals surface area contributed by atoms with Gasteiger partial charge in [0.05, 0.1) is 18.1 Å².